The van der Waals surface area contributed by atoms with E-state index in [0.29, 0.717) is 34.1 Å². The lowest BCUT2D eigenvalue weighted by atomic mass is 9.96. The van der Waals surface area contributed by atoms with Gasteiger partial charge in [0.05, 0.1) is 24.0 Å². The molecule has 2 aliphatic rings. The summed E-state index contributed by atoms with van der Waals surface area (Å²) in [5.74, 6) is 2.15. The summed E-state index contributed by atoms with van der Waals surface area (Å²) in [6, 6.07) is 15.8. The van der Waals surface area contributed by atoms with Gasteiger partial charge in [-0.3, -0.25) is 0 Å². The van der Waals surface area contributed by atoms with Crippen LogP contribution in [0.3, 0.4) is 0 Å². The molecule has 0 atom stereocenters. The number of rotatable bonds is 11. The van der Waals surface area contributed by atoms with Crippen LogP contribution in [0.5, 0.6) is 23.0 Å². The Bertz CT molecular complexity index is 1590. The smallest absolute Gasteiger partial charge is 0.243 e. The van der Waals surface area contributed by atoms with Crippen molar-refractivity contribution in [2.45, 2.75) is 61.0 Å². The van der Waals surface area contributed by atoms with Crippen LogP contribution < -0.4 is 23.7 Å². The maximum absolute atomic E-state index is 14.0. The predicted octanol–water partition coefficient (Wildman–Crippen LogP) is 4.43. The number of nitrogens with zero attached hydrogens (tertiary/aromatic N) is 1. The van der Waals surface area contributed by atoms with E-state index in [0.717, 1.165) is 32.1 Å². The standard InChI is InChI=1S/C29H34N2O8S2/c1-36-26-14-8-21(16-28(26)37-2)18-31(19-22-9-15-27-29(17-22)39-20-38-27)41(34,35)25-12-10-24(11-13-25)40(32,33)30-23-6-4-3-5-7-23/h8-17,23,30H,3-7,18-20H2,1-2H3. The molecule has 3 aromatic carbocycles. The summed E-state index contributed by atoms with van der Waals surface area (Å²) in [6.07, 6.45) is 4.69. The molecule has 1 N–H and O–H groups in total. The molecule has 220 valence electrons. The van der Waals surface area contributed by atoms with Crippen LogP contribution in [0.4, 0.5) is 0 Å². The Balaban J connectivity index is 1.43. The van der Waals surface area contributed by atoms with Crippen molar-refractivity contribution in [3.05, 3.63) is 71.8 Å². The molecule has 0 saturated heterocycles. The van der Waals surface area contributed by atoms with Crippen LogP contribution in [0, 0.1) is 0 Å². The van der Waals surface area contributed by atoms with E-state index in [1.54, 1.807) is 36.4 Å². The van der Waals surface area contributed by atoms with Crippen molar-refractivity contribution in [3.8, 4) is 23.0 Å². The van der Waals surface area contributed by atoms with Crippen molar-refractivity contribution < 1.29 is 35.8 Å². The Hall–Kier alpha value is -3.32. The van der Waals surface area contributed by atoms with Crippen LogP contribution in [0.2, 0.25) is 0 Å². The second-order valence-corrected chi connectivity index (χ2v) is 13.7. The highest BCUT2D eigenvalue weighted by Crippen LogP contribution is 2.34. The summed E-state index contributed by atoms with van der Waals surface area (Å²) in [6.45, 7) is 0.175. The lowest BCUT2D eigenvalue weighted by Crippen LogP contribution is -2.36. The molecule has 1 aliphatic carbocycles. The van der Waals surface area contributed by atoms with Gasteiger partial charge in [-0.05, 0) is 72.5 Å². The third kappa shape index (κ3) is 6.61. The molecule has 1 fully saturated rings. The van der Waals surface area contributed by atoms with Crippen molar-refractivity contribution >= 4 is 20.0 Å². The molecule has 1 heterocycles. The maximum Gasteiger partial charge on any atom is 0.243 e. The quantitative estimate of drug-likeness (QED) is 0.342. The predicted molar refractivity (Wildman–Crippen MR) is 152 cm³/mol. The number of nitrogens with one attached hydrogen (secondary N) is 1. The SMILES string of the molecule is COc1ccc(CN(Cc2ccc3c(c2)OCO3)S(=O)(=O)c2ccc(S(=O)(=O)NC3CCCCC3)cc2)cc1OC. The van der Waals surface area contributed by atoms with Crippen LogP contribution >= 0.6 is 0 Å². The van der Waals surface area contributed by atoms with Crippen molar-refractivity contribution in [2.24, 2.45) is 0 Å². The second-order valence-electron chi connectivity index (χ2n) is 10.1. The fourth-order valence-electron chi connectivity index (χ4n) is 5.10. The van der Waals surface area contributed by atoms with Gasteiger partial charge in [0.25, 0.3) is 0 Å². The normalized spacial score (nSPS) is 15.7. The Morgan fingerprint density at radius 1 is 0.756 bits per heavy atom. The summed E-state index contributed by atoms with van der Waals surface area (Å²) >= 11 is 0. The van der Waals surface area contributed by atoms with Crippen molar-refractivity contribution in [1.29, 1.82) is 0 Å². The molecule has 5 rings (SSSR count). The van der Waals surface area contributed by atoms with Gasteiger partial charge in [0, 0.05) is 19.1 Å². The van der Waals surface area contributed by atoms with Crippen LogP contribution in [0.25, 0.3) is 0 Å². The molecule has 12 heteroatoms. The van der Waals surface area contributed by atoms with Gasteiger partial charge in [-0.2, -0.15) is 4.31 Å². The fourth-order valence-corrected chi connectivity index (χ4v) is 7.82. The number of hydrogen-bond donors (Lipinski definition) is 1. The largest absolute Gasteiger partial charge is 0.493 e. The van der Waals surface area contributed by atoms with Crippen LogP contribution in [0.15, 0.2) is 70.5 Å². The summed E-state index contributed by atoms with van der Waals surface area (Å²) < 4.78 is 79.6. The lowest BCUT2D eigenvalue weighted by Gasteiger charge is -2.24. The van der Waals surface area contributed by atoms with Crippen molar-refractivity contribution in [2.75, 3.05) is 21.0 Å². The van der Waals surface area contributed by atoms with Crippen LogP contribution in [-0.4, -0.2) is 48.2 Å². The molecule has 0 spiro atoms. The minimum atomic E-state index is -4.06. The zero-order valence-electron chi connectivity index (χ0n) is 23.0. The molecule has 0 amide bonds. The van der Waals surface area contributed by atoms with Gasteiger partial charge in [0.2, 0.25) is 26.8 Å². The molecule has 41 heavy (non-hydrogen) atoms. The number of benzene rings is 3. The van der Waals surface area contributed by atoms with Gasteiger partial charge in [0.15, 0.2) is 23.0 Å². The number of fused-ring (bicyclic) bond motifs is 1. The van der Waals surface area contributed by atoms with E-state index in [4.69, 9.17) is 18.9 Å². The first kappa shape index (κ1) is 29.2. The Labute approximate surface area is 241 Å². The first-order valence-electron chi connectivity index (χ1n) is 13.4. The van der Waals surface area contributed by atoms with E-state index in [1.165, 1.54) is 42.8 Å². The topological polar surface area (TPSA) is 120 Å². The van der Waals surface area contributed by atoms with Crippen LogP contribution in [-0.2, 0) is 33.1 Å². The number of hydrogen-bond acceptors (Lipinski definition) is 8. The van der Waals surface area contributed by atoms with Gasteiger partial charge < -0.3 is 18.9 Å². The second kappa shape index (κ2) is 12.3. The Morgan fingerprint density at radius 3 is 2.05 bits per heavy atom. The molecule has 3 aromatic rings. The third-order valence-corrected chi connectivity index (χ3v) is 10.6. The molecule has 10 nitrogen and oxygen atoms in total. The monoisotopic (exact) mass is 602 g/mol. The highest BCUT2D eigenvalue weighted by Gasteiger charge is 2.28. The average molecular weight is 603 g/mol. The zero-order valence-corrected chi connectivity index (χ0v) is 24.7. The number of sulfonamides is 2. The minimum Gasteiger partial charge on any atom is -0.493 e. The van der Waals surface area contributed by atoms with E-state index >= 15 is 0 Å². The summed E-state index contributed by atoms with van der Waals surface area (Å²) in [7, 11) is -4.79. The van der Waals surface area contributed by atoms with Crippen molar-refractivity contribution in [3.63, 3.8) is 0 Å². The molecular formula is C29H34N2O8S2. The minimum absolute atomic E-state index is 0.0182. The zero-order chi connectivity index (χ0) is 29.0. The first-order valence-corrected chi connectivity index (χ1v) is 16.3. The molecule has 0 radical (unpaired) electrons. The molecule has 1 aliphatic heterocycles. The first-order chi connectivity index (χ1) is 19.7. The molecule has 0 unspecified atom stereocenters. The lowest BCUT2D eigenvalue weighted by molar-refractivity contribution is 0.174. The van der Waals surface area contributed by atoms with E-state index in [9.17, 15) is 16.8 Å². The molecule has 0 aromatic heterocycles. The highest BCUT2D eigenvalue weighted by atomic mass is 32.2. The third-order valence-electron chi connectivity index (χ3n) is 7.30. The van der Waals surface area contributed by atoms with Gasteiger partial charge in [0.1, 0.15) is 0 Å². The van der Waals surface area contributed by atoms with Gasteiger partial charge in [-0.25, -0.2) is 21.6 Å². The maximum atomic E-state index is 14.0. The number of ether oxygens (including phenoxy) is 4. The summed E-state index contributed by atoms with van der Waals surface area (Å²) in [5, 5.41) is 0. The molecule has 0 bridgehead atoms. The number of methoxy groups -OCH3 is 2. The summed E-state index contributed by atoms with van der Waals surface area (Å²) in [4.78, 5) is 0.0135. The van der Waals surface area contributed by atoms with E-state index in [-0.39, 0.29) is 35.7 Å². The van der Waals surface area contributed by atoms with E-state index in [1.807, 2.05) is 0 Å². The van der Waals surface area contributed by atoms with Crippen LogP contribution in [0.1, 0.15) is 43.2 Å². The molecule has 1 saturated carbocycles. The Kier molecular flexibility index (Phi) is 8.74. The summed E-state index contributed by atoms with van der Waals surface area (Å²) in [5.41, 5.74) is 1.39. The van der Waals surface area contributed by atoms with E-state index < -0.39 is 20.0 Å². The fraction of sp³-hybridized carbons (Fsp3) is 0.379. The average Bonchev–Trinajstić information content (AvgIpc) is 3.45. The van der Waals surface area contributed by atoms with Crippen molar-refractivity contribution in [1.82, 2.24) is 9.03 Å². The van der Waals surface area contributed by atoms with Gasteiger partial charge in [-0.1, -0.05) is 31.4 Å². The highest BCUT2D eigenvalue weighted by molar-refractivity contribution is 7.89. The van der Waals surface area contributed by atoms with Gasteiger partial charge in [-0.15, -0.1) is 0 Å². The van der Waals surface area contributed by atoms with E-state index in [2.05, 4.69) is 4.72 Å². The Morgan fingerprint density at radius 2 is 1.37 bits per heavy atom. The molecular weight excluding hydrogens is 568 g/mol. The van der Waals surface area contributed by atoms with Gasteiger partial charge >= 0.3 is 0 Å².